The second kappa shape index (κ2) is 8.90. The van der Waals surface area contributed by atoms with Gasteiger partial charge in [-0.25, -0.2) is 4.98 Å². The van der Waals surface area contributed by atoms with Crippen LogP contribution in [0.2, 0.25) is 0 Å². The number of piperidine rings is 1. The first-order valence-electron chi connectivity index (χ1n) is 10.7. The maximum Gasteiger partial charge on any atom is 0.291 e. The second-order valence-electron chi connectivity index (χ2n) is 8.48. The highest BCUT2D eigenvalue weighted by molar-refractivity contribution is 5.92. The Hall–Kier alpha value is -2.83. The Kier molecular flexibility index (Phi) is 6.06. The summed E-state index contributed by atoms with van der Waals surface area (Å²) in [5.41, 5.74) is 1.62. The number of para-hydroxylation sites is 1. The number of rotatable bonds is 1. The molecule has 0 bridgehead atoms. The van der Waals surface area contributed by atoms with Gasteiger partial charge in [-0.3, -0.25) is 9.59 Å². The predicted octanol–water partition coefficient (Wildman–Crippen LogP) is 3.13. The van der Waals surface area contributed by atoms with Crippen LogP contribution in [-0.4, -0.2) is 47.9 Å². The summed E-state index contributed by atoms with van der Waals surface area (Å²) >= 11 is 0. The Bertz CT molecular complexity index is 909. The zero-order valence-corrected chi connectivity index (χ0v) is 17.5. The number of hydrogen-bond acceptors (Lipinski definition) is 5. The van der Waals surface area contributed by atoms with Gasteiger partial charge in [0.2, 0.25) is 5.76 Å². The van der Waals surface area contributed by atoms with Gasteiger partial charge in [0.1, 0.15) is 5.75 Å². The van der Waals surface area contributed by atoms with Gasteiger partial charge in [0, 0.05) is 25.0 Å². The van der Waals surface area contributed by atoms with Crippen molar-refractivity contribution in [3.05, 3.63) is 47.7 Å². The largest absolute Gasteiger partial charge is 0.483 e. The minimum absolute atomic E-state index is 0.00694. The van der Waals surface area contributed by atoms with Crippen molar-refractivity contribution in [3.63, 3.8) is 0 Å². The first-order valence-corrected chi connectivity index (χ1v) is 10.7. The summed E-state index contributed by atoms with van der Waals surface area (Å²) in [6, 6.07) is 7.93. The van der Waals surface area contributed by atoms with Gasteiger partial charge in [-0.05, 0) is 50.7 Å². The molecule has 2 aliphatic rings. The molecular weight excluding hydrogens is 382 g/mol. The van der Waals surface area contributed by atoms with Crippen LogP contribution >= 0.6 is 0 Å². The Morgan fingerprint density at radius 1 is 1.20 bits per heavy atom. The van der Waals surface area contributed by atoms with E-state index in [9.17, 15) is 9.59 Å². The SMILES string of the molecule is Cc1ncoc1C(=O)N1CCCC2(CCCCc3ccccc3OCC(=O)NC2)C1. The van der Waals surface area contributed by atoms with Crippen molar-refractivity contribution >= 4 is 11.8 Å². The molecule has 160 valence electrons. The van der Waals surface area contributed by atoms with Crippen LogP contribution in [0.4, 0.5) is 0 Å². The summed E-state index contributed by atoms with van der Waals surface area (Å²) in [4.78, 5) is 31.3. The second-order valence-corrected chi connectivity index (χ2v) is 8.48. The molecule has 1 fully saturated rings. The molecule has 1 aromatic carbocycles. The Morgan fingerprint density at radius 3 is 2.87 bits per heavy atom. The van der Waals surface area contributed by atoms with Crippen molar-refractivity contribution in [1.82, 2.24) is 15.2 Å². The van der Waals surface area contributed by atoms with E-state index >= 15 is 0 Å². The number of aromatic nitrogens is 1. The third-order valence-electron chi connectivity index (χ3n) is 6.28. The van der Waals surface area contributed by atoms with Crippen molar-refractivity contribution in [2.45, 2.75) is 45.4 Å². The van der Waals surface area contributed by atoms with E-state index in [0.717, 1.165) is 49.8 Å². The highest BCUT2D eigenvalue weighted by Crippen LogP contribution is 2.36. The molecule has 0 radical (unpaired) electrons. The van der Waals surface area contributed by atoms with Gasteiger partial charge in [0.15, 0.2) is 13.0 Å². The standard InChI is InChI=1S/C23H29N3O4/c1-17-21(30-16-25-17)22(28)26-12-6-11-23(15-26)10-5-4-8-18-7-2-3-9-19(18)29-13-20(27)24-14-23/h2-3,7,9,16H,4-6,8,10-15H2,1H3,(H,24,27). The third-order valence-corrected chi connectivity index (χ3v) is 6.28. The number of nitrogens with one attached hydrogen (secondary N) is 1. The number of fused-ring (bicyclic) bond motifs is 1. The smallest absolute Gasteiger partial charge is 0.291 e. The van der Waals surface area contributed by atoms with E-state index in [4.69, 9.17) is 9.15 Å². The molecule has 1 unspecified atom stereocenters. The molecule has 30 heavy (non-hydrogen) atoms. The lowest BCUT2D eigenvalue weighted by molar-refractivity contribution is -0.123. The Labute approximate surface area is 176 Å². The number of hydrogen-bond donors (Lipinski definition) is 1. The van der Waals surface area contributed by atoms with Crippen LogP contribution in [0.25, 0.3) is 0 Å². The zero-order valence-electron chi connectivity index (χ0n) is 17.5. The first kappa shape index (κ1) is 20.4. The molecule has 2 amide bonds. The average molecular weight is 412 g/mol. The van der Waals surface area contributed by atoms with Crippen LogP contribution in [0.3, 0.4) is 0 Å². The molecule has 7 nitrogen and oxygen atoms in total. The maximum absolute atomic E-state index is 13.0. The predicted molar refractivity (Wildman–Crippen MR) is 111 cm³/mol. The van der Waals surface area contributed by atoms with E-state index in [1.54, 1.807) is 6.92 Å². The fourth-order valence-corrected chi connectivity index (χ4v) is 4.62. The Morgan fingerprint density at radius 2 is 2.03 bits per heavy atom. The minimum atomic E-state index is -0.129. The van der Waals surface area contributed by atoms with Gasteiger partial charge in [-0.2, -0.15) is 0 Å². The molecule has 1 saturated heterocycles. The molecule has 1 atom stereocenters. The van der Waals surface area contributed by atoms with Crippen LogP contribution < -0.4 is 10.1 Å². The topological polar surface area (TPSA) is 84.7 Å². The molecule has 1 aromatic heterocycles. The number of likely N-dealkylation sites (tertiary alicyclic amines) is 1. The molecule has 0 saturated carbocycles. The minimum Gasteiger partial charge on any atom is -0.483 e. The molecule has 0 aliphatic carbocycles. The van der Waals surface area contributed by atoms with Crippen LogP contribution in [-0.2, 0) is 11.2 Å². The maximum atomic E-state index is 13.0. The molecule has 3 heterocycles. The lowest BCUT2D eigenvalue weighted by Crippen LogP contribution is -2.51. The fourth-order valence-electron chi connectivity index (χ4n) is 4.62. The summed E-state index contributed by atoms with van der Waals surface area (Å²) in [7, 11) is 0. The summed E-state index contributed by atoms with van der Waals surface area (Å²) in [5, 5.41) is 3.06. The highest BCUT2D eigenvalue weighted by Gasteiger charge is 2.38. The quantitative estimate of drug-likeness (QED) is 0.779. The molecular formula is C23H29N3O4. The van der Waals surface area contributed by atoms with Gasteiger partial charge in [-0.1, -0.05) is 24.6 Å². The van der Waals surface area contributed by atoms with Crippen molar-refractivity contribution in [3.8, 4) is 5.75 Å². The van der Waals surface area contributed by atoms with Crippen LogP contribution in [0, 0.1) is 12.3 Å². The number of ether oxygens (including phenoxy) is 1. The zero-order chi connectivity index (χ0) is 21.0. The van der Waals surface area contributed by atoms with Crippen molar-refractivity contribution in [1.29, 1.82) is 0 Å². The van der Waals surface area contributed by atoms with Gasteiger partial charge in [-0.15, -0.1) is 0 Å². The van der Waals surface area contributed by atoms with E-state index in [1.807, 2.05) is 23.1 Å². The molecule has 1 N–H and O–H groups in total. The number of carbonyl (C=O) groups is 2. The first-order chi connectivity index (χ1) is 14.6. The third kappa shape index (κ3) is 4.50. The van der Waals surface area contributed by atoms with Crippen molar-refractivity contribution in [2.24, 2.45) is 5.41 Å². The molecule has 7 heteroatoms. The van der Waals surface area contributed by atoms with Gasteiger partial charge in [0.05, 0.1) is 5.69 Å². The van der Waals surface area contributed by atoms with Gasteiger partial charge < -0.3 is 19.4 Å². The number of aryl methyl sites for hydroxylation is 2. The number of carbonyl (C=O) groups excluding carboxylic acids is 2. The van der Waals surface area contributed by atoms with Crippen molar-refractivity contribution in [2.75, 3.05) is 26.2 Å². The average Bonchev–Trinajstić information content (AvgIpc) is 3.19. The molecule has 2 aliphatic heterocycles. The van der Waals surface area contributed by atoms with E-state index < -0.39 is 0 Å². The summed E-state index contributed by atoms with van der Waals surface area (Å²) in [6.45, 7) is 3.66. The number of amides is 2. The normalized spacial score (nSPS) is 23.0. The van der Waals surface area contributed by atoms with E-state index in [0.29, 0.717) is 31.1 Å². The summed E-state index contributed by atoms with van der Waals surface area (Å²) in [5.74, 6) is 0.868. The molecule has 2 aromatic rings. The lowest BCUT2D eigenvalue weighted by atomic mass is 9.75. The highest BCUT2D eigenvalue weighted by atomic mass is 16.5. The van der Waals surface area contributed by atoms with Crippen molar-refractivity contribution < 1.29 is 18.7 Å². The monoisotopic (exact) mass is 411 g/mol. The van der Waals surface area contributed by atoms with E-state index in [1.165, 1.54) is 6.39 Å². The van der Waals surface area contributed by atoms with Crippen LogP contribution in [0.15, 0.2) is 35.1 Å². The van der Waals surface area contributed by atoms with Gasteiger partial charge >= 0.3 is 0 Å². The van der Waals surface area contributed by atoms with Crippen LogP contribution in [0.1, 0.15) is 53.9 Å². The number of oxazole rings is 1. The summed E-state index contributed by atoms with van der Waals surface area (Å²) in [6.07, 6.45) is 7.19. The van der Waals surface area contributed by atoms with Gasteiger partial charge in [0.25, 0.3) is 11.8 Å². The molecule has 1 spiro atoms. The molecule has 4 rings (SSSR count). The number of nitrogens with zero attached hydrogens (tertiary/aromatic N) is 2. The van der Waals surface area contributed by atoms with E-state index in [-0.39, 0.29) is 23.8 Å². The van der Waals surface area contributed by atoms with Crippen LogP contribution in [0.5, 0.6) is 5.75 Å². The summed E-state index contributed by atoms with van der Waals surface area (Å²) < 4.78 is 11.1. The van der Waals surface area contributed by atoms with E-state index in [2.05, 4.69) is 16.4 Å². The Balaban J connectivity index is 1.49. The lowest BCUT2D eigenvalue weighted by Gasteiger charge is -2.43. The number of benzene rings is 1. The fraction of sp³-hybridized carbons (Fsp3) is 0.522.